The lowest BCUT2D eigenvalue weighted by Crippen LogP contribution is -2.50. The van der Waals surface area contributed by atoms with Crippen molar-refractivity contribution in [2.75, 3.05) is 18.1 Å². The molecule has 1 aliphatic rings. The Kier molecular flexibility index (Phi) is 3.81. The fourth-order valence-corrected chi connectivity index (χ4v) is 2.79. The van der Waals surface area contributed by atoms with Crippen LogP contribution >= 0.6 is 11.8 Å². The zero-order valence-corrected chi connectivity index (χ0v) is 10.2. The fraction of sp³-hybridized carbons (Fsp3) is 0.364. The van der Waals surface area contributed by atoms with Crippen LogP contribution in [0.5, 0.6) is 0 Å². The van der Waals surface area contributed by atoms with E-state index in [1.54, 1.807) is 0 Å². The summed E-state index contributed by atoms with van der Waals surface area (Å²) in [5, 5.41) is 9.07. The van der Waals surface area contributed by atoms with E-state index in [1.807, 2.05) is 0 Å². The van der Waals surface area contributed by atoms with Crippen LogP contribution in [0.2, 0.25) is 0 Å². The van der Waals surface area contributed by atoms with Crippen LogP contribution in [0.1, 0.15) is 10.4 Å². The third-order valence-corrected chi connectivity index (χ3v) is 3.67. The van der Waals surface area contributed by atoms with E-state index in [9.17, 15) is 14.0 Å². The first-order valence-corrected chi connectivity index (χ1v) is 6.48. The number of aromatic nitrogens is 1. The van der Waals surface area contributed by atoms with E-state index in [1.165, 1.54) is 28.9 Å². The van der Waals surface area contributed by atoms with Gasteiger partial charge in [0.25, 0.3) is 5.91 Å². The number of carbonyl (C=O) groups excluding carboxylic acids is 1. The van der Waals surface area contributed by atoms with E-state index in [-0.39, 0.29) is 5.56 Å². The predicted octanol–water partition coefficient (Wildman–Crippen LogP) is 0.863. The molecule has 1 amide bonds. The molecule has 0 saturated carbocycles. The smallest absolute Gasteiger partial charge is 0.327 e. The SMILES string of the molecule is O=C(O)C1CSCCN1C(=O)c1ccnc(F)c1. The third-order valence-electron chi connectivity index (χ3n) is 2.65. The lowest BCUT2D eigenvalue weighted by molar-refractivity contribution is -0.141. The molecule has 1 aromatic heterocycles. The van der Waals surface area contributed by atoms with Crippen molar-refractivity contribution >= 4 is 23.6 Å². The van der Waals surface area contributed by atoms with Gasteiger partial charge in [0.05, 0.1) is 0 Å². The highest BCUT2D eigenvalue weighted by molar-refractivity contribution is 7.99. The zero-order chi connectivity index (χ0) is 13.1. The van der Waals surface area contributed by atoms with Crippen molar-refractivity contribution in [2.24, 2.45) is 0 Å². The van der Waals surface area contributed by atoms with Gasteiger partial charge in [-0.3, -0.25) is 4.79 Å². The molecule has 1 fully saturated rings. The quantitative estimate of drug-likeness (QED) is 0.807. The number of nitrogens with zero attached hydrogens (tertiary/aromatic N) is 2. The number of hydrogen-bond acceptors (Lipinski definition) is 4. The van der Waals surface area contributed by atoms with Crippen LogP contribution in [-0.2, 0) is 4.79 Å². The number of halogens is 1. The molecule has 96 valence electrons. The maximum absolute atomic E-state index is 12.9. The molecule has 1 unspecified atom stereocenters. The molecule has 1 aliphatic heterocycles. The molecule has 0 aromatic carbocycles. The molecule has 5 nitrogen and oxygen atoms in total. The number of thioether (sulfide) groups is 1. The summed E-state index contributed by atoms with van der Waals surface area (Å²) in [5.74, 6) is -1.22. The minimum atomic E-state index is -1.04. The molecular formula is C11H11FN2O3S. The summed E-state index contributed by atoms with van der Waals surface area (Å²) in [6, 6.07) is 1.54. The van der Waals surface area contributed by atoms with Crippen LogP contribution in [0, 0.1) is 5.95 Å². The van der Waals surface area contributed by atoms with Crippen LogP contribution in [0.25, 0.3) is 0 Å². The van der Waals surface area contributed by atoms with Gasteiger partial charge >= 0.3 is 5.97 Å². The maximum atomic E-state index is 12.9. The normalized spacial score (nSPS) is 19.6. The van der Waals surface area contributed by atoms with Crippen molar-refractivity contribution in [1.82, 2.24) is 9.88 Å². The van der Waals surface area contributed by atoms with Gasteiger partial charge < -0.3 is 10.0 Å². The third kappa shape index (κ3) is 2.61. The Hall–Kier alpha value is -1.63. The standard InChI is InChI=1S/C11H11FN2O3S/c12-9-5-7(1-2-13-9)10(15)14-3-4-18-6-8(14)11(16)17/h1-2,5,8H,3-4,6H2,(H,16,17). The molecule has 1 saturated heterocycles. The van der Waals surface area contributed by atoms with Gasteiger partial charge in [-0.05, 0) is 6.07 Å². The lowest BCUT2D eigenvalue weighted by Gasteiger charge is -2.32. The second-order valence-electron chi connectivity index (χ2n) is 3.79. The van der Waals surface area contributed by atoms with E-state index in [4.69, 9.17) is 5.11 Å². The van der Waals surface area contributed by atoms with Crippen LogP contribution < -0.4 is 0 Å². The van der Waals surface area contributed by atoms with Crippen molar-refractivity contribution in [1.29, 1.82) is 0 Å². The molecule has 7 heteroatoms. The summed E-state index contributed by atoms with van der Waals surface area (Å²) in [4.78, 5) is 27.8. The monoisotopic (exact) mass is 270 g/mol. The number of aliphatic carboxylic acids is 1. The number of hydrogen-bond donors (Lipinski definition) is 1. The summed E-state index contributed by atoms with van der Waals surface area (Å²) in [5.41, 5.74) is 0.126. The number of pyridine rings is 1. The summed E-state index contributed by atoms with van der Waals surface area (Å²) in [6.45, 7) is 0.352. The molecule has 1 atom stereocenters. The molecule has 1 aromatic rings. The number of carboxylic acids is 1. The first kappa shape index (κ1) is 12.8. The maximum Gasteiger partial charge on any atom is 0.327 e. The van der Waals surface area contributed by atoms with Gasteiger partial charge in [0.15, 0.2) is 0 Å². The second kappa shape index (κ2) is 5.34. The first-order chi connectivity index (χ1) is 8.59. The van der Waals surface area contributed by atoms with Gasteiger partial charge in [0, 0.05) is 35.9 Å². The summed E-state index contributed by atoms with van der Waals surface area (Å²) >= 11 is 1.49. The number of carbonyl (C=O) groups is 2. The van der Waals surface area contributed by atoms with Crippen molar-refractivity contribution in [3.63, 3.8) is 0 Å². The minimum absolute atomic E-state index is 0.126. The van der Waals surface area contributed by atoms with Gasteiger partial charge in [-0.25, -0.2) is 9.78 Å². The van der Waals surface area contributed by atoms with E-state index < -0.39 is 23.9 Å². The Bertz CT molecular complexity index is 483. The second-order valence-corrected chi connectivity index (χ2v) is 4.94. The Labute approximate surface area is 107 Å². The molecule has 1 N–H and O–H groups in total. The van der Waals surface area contributed by atoms with Gasteiger partial charge in [0.1, 0.15) is 6.04 Å². The Morgan fingerprint density at radius 3 is 3.00 bits per heavy atom. The van der Waals surface area contributed by atoms with Crippen molar-refractivity contribution in [3.05, 3.63) is 29.8 Å². The largest absolute Gasteiger partial charge is 0.480 e. The van der Waals surface area contributed by atoms with Crippen LogP contribution in [0.4, 0.5) is 4.39 Å². The first-order valence-electron chi connectivity index (χ1n) is 5.32. The Morgan fingerprint density at radius 1 is 1.56 bits per heavy atom. The predicted molar refractivity (Wildman–Crippen MR) is 64.0 cm³/mol. The topological polar surface area (TPSA) is 70.5 Å². The number of carboxylic acid groups (broad SMARTS) is 1. The molecular weight excluding hydrogens is 259 g/mol. The highest BCUT2D eigenvalue weighted by Gasteiger charge is 2.32. The van der Waals surface area contributed by atoms with Crippen molar-refractivity contribution in [3.8, 4) is 0 Å². The lowest BCUT2D eigenvalue weighted by atomic mass is 10.2. The Balaban J connectivity index is 2.23. The van der Waals surface area contributed by atoms with Gasteiger partial charge in [-0.15, -0.1) is 0 Å². The summed E-state index contributed by atoms with van der Waals surface area (Å²) in [7, 11) is 0. The fourth-order valence-electron chi connectivity index (χ4n) is 1.75. The van der Waals surface area contributed by atoms with Crippen LogP contribution in [0.3, 0.4) is 0 Å². The number of amides is 1. The van der Waals surface area contributed by atoms with E-state index in [0.29, 0.717) is 18.1 Å². The highest BCUT2D eigenvalue weighted by Crippen LogP contribution is 2.19. The number of rotatable bonds is 2. The van der Waals surface area contributed by atoms with Gasteiger partial charge in [0.2, 0.25) is 5.95 Å². The van der Waals surface area contributed by atoms with Gasteiger partial charge in [-0.2, -0.15) is 16.2 Å². The van der Waals surface area contributed by atoms with Crippen LogP contribution in [0.15, 0.2) is 18.3 Å². The molecule has 2 rings (SSSR count). The molecule has 0 spiro atoms. The van der Waals surface area contributed by atoms with Crippen molar-refractivity contribution < 1.29 is 19.1 Å². The molecule has 2 heterocycles. The summed E-state index contributed by atoms with van der Waals surface area (Å²) in [6.07, 6.45) is 1.19. The average Bonchev–Trinajstić information content (AvgIpc) is 2.38. The van der Waals surface area contributed by atoms with E-state index in [2.05, 4.69) is 4.98 Å². The Morgan fingerprint density at radius 2 is 2.33 bits per heavy atom. The minimum Gasteiger partial charge on any atom is -0.480 e. The summed E-state index contributed by atoms with van der Waals surface area (Å²) < 4.78 is 12.9. The molecule has 0 radical (unpaired) electrons. The van der Waals surface area contributed by atoms with E-state index >= 15 is 0 Å². The highest BCUT2D eigenvalue weighted by atomic mass is 32.2. The zero-order valence-electron chi connectivity index (χ0n) is 9.38. The molecule has 0 aliphatic carbocycles. The average molecular weight is 270 g/mol. The van der Waals surface area contributed by atoms with E-state index in [0.717, 1.165) is 6.07 Å². The van der Waals surface area contributed by atoms with Gasteiger partial charge in [-0.1, -0.05) is 0 Å². The molecule has 18 heavy (non-hydrogen) atoms. The van der Waals surface area contributed by atoms with Crippen molar-refractivity contribution in [2.45, 2.75) is 6.04 Å². The van der Waals surface area contributed by atoms with Crippen LogP contribution in [-0.4, -0.2) is 51.0 Å². The molecule has 0 bridgehead atoms.